The quantitative estimate of drug-likeness (QED) is 0.504. The molecule has 22 heavy (non-hydrogen) atoms. The molecule has 0 aromatic heterocycles. The summed E-state index contributed by atoms with van der Waals surface area (Å²) in [5.74, 6) is 0. The molecule has 0 aliphatic heterocycles. The third-order valence-electron chi connectivity index (χ3n) is 3.88. The van der Waals surface area contributed by atoms with Crippen LogP contribution in [-0.4, -0.2) is 21.8 Å². The van der Waals surface area contributed by atoms with Crippen molar-refractivity contribution in [3.05, 3.63) is 89.5 Å². The molecule has 0 radical (unpaired) electrons. The summed E-state index contributed by atoms with van der Waals surface area (Å²) in [5.41, 5.74) is 4.00. The van der Waals surface area contributed by atoms with E-state index in [0.29, 0.717) is 0 Å². The van der Waals surface area contributed by atoms with E-state index in [4.69, 9.17) is 0 Å². The molecule has 108 valence electrons. The average Bonchev–Trinajstić information content (AvgIpc) is 2.53. The van der Waals surface area contributed by atoms with Gasteiger partial charge in [0.25, 0.3) is 0 Å². The Labute approximate surface area is 141 Å². The van der Waals surface area contributed by atoms with Crippen LogP contribution < -0.4 is 9.81 Å². The maximum absolute atomic E-state index is 2.34. The third kappa shape index (κ3) is 3.47. The summed E-state index contributed by atoms with van der Waals surface area (Å²) < 4.78 is 4.65. The van der Waals surface area contributed by atoms with Crippen LogP contribution in [-0.2, 0) is 0 Å². The van der Waals surface area contributed by atoms with Crippen molar-refractivity contribution in [2.75, 3.05) is 0 Å². The van der Waals surface area contributed by atoms with Crippen molar-refractivity contribution in [3.8, 4) is 0 Å². The van der Waals surface area contributed by atoms with Crippen LogP contribution in [0.1, 0.15) is 16.7 Å². The minimum atomic E-state index is -2.15. The van der Waals surface area contributed by atoms with Gasteiger partial charge in [0, 0.05) is 0 Å². The Morgan fingerprint density at radius 2 is 0.636 bits per heavy atom. The Morgan fingerprint density at radius 1 is 0.409 bits per heavy atom. The average molecular weight is 482 g/mol. The summed E-state index contributed by atoms with van der Waals surface area (Å²) >= 11 is -2.15. The fraction of sp³-hybridized carbons (Fsp3) is 0.143. The molecule has 3 aromatic rings. The molecule has 0 saturated carbocycles. The van der Waals surface area contributed by atoms with Crippen LogP contribution in [0.4, 0.5) is 0 Å². The molecular formula is C21H21Bi+2. The molecule has 0 unspecified atom stereocenters. The topological polar surface area (TPSA) is 0 Å². The first kappa shape index (κ1) is 15.4. The number of aryl methyl sites for hydroxylation is 3. The van der Waals surface area contributed by atoms with Gasteiger partial charge in [0.2, 0.25) is 0 Å². The molecule has 0 spiro atoms. The molecule has 0 aliphatic carbocycles. The summed E-state index contributed by atoms with van der Waals surface area (Å²) in [6.07, 6.45) is 0. The third-order valence-corrected chi connectivity index (χ3v) is 13.4. The molecule has 0 heterocycles. The zero-order valence-corrected chi connectivity index (χ0v) is 16.9. The van der Waals surface area contributed by atoms with Crippen molar-refractivity contribution >= 4 is 31.6 Å². The summed E-state index contributed by atoms with van der Waals surface area (Å²) in [6.45, 7) is 6.47. The van der Waals surface area contributed by atoms with Gasteiger partial charge in [-0.3, -0.25) is 0 Å². The van der Waals surface area contributed by atoms with Gasteiger partial charge in [-0.1, -0.05) is 0 Å². The zero-order valence-electron chi connectivity index (χ0n) is 13.4. The van der Waals surface area contributed by atoms with Crippen molar-refractivity contribution in [1.82, 2.24) is 0 Å². The van der Waals surface area contributed by atoms with Crippen molar-refractivity contribution in [2.45, 2.75) is 20.8 Å². The second-order valence-electron chi connectivity index (χ2n) is 5.84. The minimum absolute atomic E-state index is 1.33. The fourth-order valence-electron chi connectivity index (χ4n) is 2.53. The van der Waals surface area contributed by atoms with Gasteiger partial charge in [-0.2, -0.15) is 0 Å². The summed E-state index contributed by atoms with van der Waals surface area (Å²) in [4.78, 5) is 0. The monoisotopic (exact) mass is 482 g/mol. The maximum atomic E-state index is 2.34. The molecule has 0 aliphatic rings. The molecule has 0 saturated heterocycles. The van der Waals surface area contributed by atoms with Crippen LogP contribution in [0.25, 0.3) is 0 Å². The van der Waals surface area contributed by atoms with Gasteiger partial charge in [-0.25, -0.2) is 0 Å². The Hall–Kier alpha value is -1.46. The molecule has 0 amide bonds. The van der Waals surface area contributed by atoms with Crippen LogP contribution in [0.15, 0.2) is 72.8 Å². The van der Waals surface area contributed by atoms with Gasteiger partial charge in [-0.15, -0.1) is 0 Å². The van der Waals surface area contributed by atoms with E-state index in [1.165, 1.54) is 16.7 Å². The number of benzene rings is 3. The summed E-state index contributed by atoms with van der Waals surface area (Å²) in [7, 11) is 0. The van der Waals surface area contributed by atoms with Gasteiger partial charge in [0.15, 0.2) is 0 Å². The van der Waals surface area contributed by atoms with Gasteiger partial charge in [0.05, 0.1) is 0 Å². The molecule has 0 bridgehead atoms. The molecule has 0 N–H and O–H groups in total. The number of hydrogen-bond acceptors (Lipinski definition) is 0. The van der Waals surface area contributed by atoms with Gasteiger partial charge >= 0.3 is 142 Å². The van der Waals surface area contributed by atoms with Crippen molar-refractivity contribution in [1.29, 1.82) is 0 Å². The molecule has 1 heteroatoms. The van der Waals surface area contributed by atoms with Crippen molar-refractivity contribution in [3.63, 3.8) is 0 Å². The van der Waals surface area contributed by atoms with E-state index in [2.05, 4.69) is 93.6 Å². The van der Waals surface area contributed by atoms with E-state index in [0.717, 1.165) is 0 Å². The second kappa shape index (κ2) is 6.75. The fourth-order valence-corrected chi connectivity index (χ4v) is 11.2. The van der Waals surface area contributed by atoms with E-state index in [-0.39, 0.29) is 0 Å². The zero-order chi connectivity index (χ0) is 15.5. The molecule has 0 fully saturated rings. The predicted molar refractivity (Wildman–Crippen MR) is 98.2 cm³/mol. The summed E-state index contributed by atoms with van der Waals surface area (Å²) in [6, 6.07) is 27.5. The first-order valence-electron chi connectivity index (χ1n) is 7.63. The molecular weight excluding hydrogens is 461 g/mol. The SMILES string of the molecule is Cc1cc[c]([Bi+2]([c]2ccc(C)cc2)[c]2ccc(C)cc2)cc1. The first-order valence-corrected chi connectivity index (χ1v) is 12.9. The Kier molecular flexibility index (Phi) is 4.74. The van der Waals surface area contributed by atoms with Crippen LogP contribution in [0.5, 0.6) is 0 Å². The number of hydrogen-bond donors (Lipinski definition) is 0. The number of rotatable bonds is 3. The molecule has 3 rings (SSSR count). The van der Waals surface area contributed by atoms with E-state index >= 15 is 0 Å². The van der Waals surface area contributed by atoms with Crippen LogP contribution in [0.3, 0.4) is 0 Å². The van der Waals surface area contributed by atoms with E-state index in [1.54, 1.807) is 9.81 Å². The second-order valence-corrected chi connectivity index (χ2v) is 14.5. The molecule has 0 atom stereocenters. The normalized spacial score (nSPS) is 10.5. The van der Waals surface area contributed by atoms with Gasteiger partial charge < -0.3 is 0 Å². The van der Waals surface area contributed by atoms with Crippen molar-refractivity contribution < 1.29 is 0 Å². The standard InChI is InChI=1S/3C7H7.Bi/c3*1-7-5-3-2-4-6-7;/h3*3-6H,1H3;/q;;;+2. The van der Waals surface area contributed by atoms with Gasteiger partial charge in [0.1, 0.15) is 0 Å². The van der Waals surface area contributed by atoms with E-state index < -0.39 is 21.8 Å². The Morgan fingerprint density at radius 3 is 0.864 bits per heavy atom. The van der Waals surface area contributed by atoms with Crippen LogP contribution >= 0.6 is 0 Å². The Bertz CT molecular complexity index is 629. The molecule has 0 nitrogen and oxygen atoms in total. The van der Waals surface area contributed by atoms with Gasteiger partial charge in [-0.05, 0) is 0 Å². The van der Waals surface area contributed by atoms with E-state index in [1.807, 2.05) is 0 Å². The molecule has 3 aromatic carbocycles. The van der Waals surface area contributed by atoms with Crippen molar-refractivity contribution in [2.24, 2.45) is 0 Å². The first-order chi connectivity index (χ1) is 10.6. The predicted octanol–water partition coefficient (Wildman–Crippen LogP) is 3.13. The van der Waals surface area contributed by atoms with Crippen LogP contribution in [0, 0.1) is 20.8 Å². The van der Waals surface area contributed by atoms with E-state index in [9.17, 15) is 0 Å². The van der Waals surface area contributed by atoms with Crippen LogP contribution in [0.2, 0.25) is 0 Å². The summed E-state index contributed by atoms with van der Waals surface area (Å²) in [5, 5.41) is 0. The Balaban J connectivity index is 2.10.